The van der Waals surface area contributed by atoms with Crippen molar-refractivity contribution in [2.75, 3.05) is 0 Å². The third-order valence-corrected chi connectivity index (χ3v) is 5.00. The van der Waals surface area contributed by atoms with Gasteiger partial charge in [0, 0.05) is 12.0 Å². The summed E-state index contributed by atoms with van der Waals surface area (Å²) in [4.78, 5) is 14.4. The maximum absolute atomic E-state index is 12.4. The van der Waals surface area contributed by atoms with E-state index in [1.54, 1.807) is 6.26 Å². The molecule has 1 aliphatic carbocycles. The van der Waals surface area contributed by atoms with Gasteiger partial charge in [-0.05, 0) is 24.5 Å². The van der Waals surface area contributed by atoms with E-state index >= 15 is 0 Å². The lowest BCUT2D eigenvalue weighted by molar-refractivity contribution is -0.132. The van der Waals surface area contributed by atoms with Gasteiger partial charge in [-0.2, -0.15) is 5.10 Å². The fraction of sp³-hybridized carbons (Fsp3) is 0.529. The van der Waals surface area contributed by atoms with Crippen LogP contribution in [0.25, 0.3) is 11.5 Å². The lowest BCUT2D eigenvalue weighted by Crippen LogP contribution is -2.26. The molecule has 5 nitrogen and oxygen atoms in total. The van der Waals surface area contributed by atoms with E-state index in [1.165, 1.54) is 25.7 Å². The molecule has 22 heavy (non-hydrogen) atoms. The smallest absolute Gasteiger partial charge is 0.223 e. The molecular weight excluding hydrogens is 278 g/mol. The largest absolute Gasteiger partial charge is 0.463 e. The normalized spacial score (nSPS) is 18.1. The highest BCUT2D eigenvalue weighted by Gasteiger charge is 2.29. The van der Waals surface area contributed by atoms with Gasteiger partial charge in [-0.25, -0.2) is 0 Å². The van der Waals surface area contributed by atoms with Gasteiger partial charge < -0.3 is 9.32 Å². The van der Waals surface area contributed by atoms with Crippen molar-refractivity contribution in [2.24, 2.45) is 5.92 Å². The Kier molecular flexibility index (Phi) is 3.48. The Bertz CT molecular complexity index is 654. The van der Waals surface area contributed by atoms with E-state index in [0.29, 0.717) is 19.5 Å². The first-order valence-corrected chi connectivity index (χ1v) is 8.19. The van der Waals surface area contributed by atoms with Gasteiger partial charge in [-0.1, -0.05) is 25.7 Å². The first-order valence-electron chi connectivity index (χ1n) is 8.19. The Balaban J connectivity index is 1.40. The molecule has 5 heteroatoms. The van der Waals surface area contributed by atoms with E-state index < -0.39 is 0 Å². The van der Waals surface area contributed by atoms with Crippen LogP contribution in [0, 0.1) is 5.92 Å². The summed E-state index contributed by atoms with van der Waals surface area (Å²) in [6, 6.07) is 3.76. The van der Waals surface area contributed by atoms with Crippen molar-refractivity contribution < 1.29 is 9.21 Å². The number of amides is 1. The van der Waals surface area contributed by atoms with Gasteiger partial charge in [-0.15, -0.1) is 0 Å². The fourth-order valence-corrected chi connectivity index (χ4v) is 3.72. The van der Waals surface area contributed by atoms with Gasteiger partial charge in [0.25, 0.3) is 0 Å². The third kappa shape index (κ3) is 2.45. The summed E-state index contributed by atoms with van der Waals surface area (Å²) in [6.45, 7) is 1.29. The van der Waals surface area contributed by atoms with E-state index in [4.69, 9.17) is 4.42 Å². The summed E-state index contributed by atoms with van der Waals surface area (Å²) in [5.74, 6) is 1.80. The molecule has 1 N–H and O–H groups in total. The minimum absolute atomic E-state index is 0.266. The zero-order chi connectivity index (χ0) is 14.9. The van der Waals surface area contributed by atoms with E-state index in [0.717, 1.165) is 35.1 Å². The summed E-state index contributed by atoms with van der Waals surface area (Å²) >= 11 is 0. The average Bonchev–Trinajstić information content (AvgIpc) is 3.26. The zero-order valence-electron chi connectivity index (χ0n) is 12.7. The second-order valence-corrected chi connectivity index (χ2v) is 6.45. The highest BCUT2D eigenvalue weighted by Crippen LogP contribution is 2.32. The lowest BCUT2D eigenvalue weighted by atomic mass is 10.0. The molecule has 0 unspecified atom stereocenters. The van der Waals surface area contributed by atoms with Gasteiger partial charge >= 0.3 is 0 Å². The number of aromatic amines is 1. The van der Waals surface area contributed by atoms with Crippen molar-refractivity contribution in [3.63, 3.8) is 0 Å². The second-order valence-electron chi connectivity index (χ2n) is 6.45. The van der Waals surface area contributed by atoms with Gasteiger partial charge in [-0.3, -0.25) is 9.89 Å². The molecule has 0 radical (unpaired) electrons. The Morgan fingerprint density at radius 1 is 1.36 bits per heavy atom. The molecule has 2 aromatic rings. The standard InChI is InChI=1S/C17H21N3O2/c21-16(8-7-12-4-1-2-5-12)20-10-13-14(11-20)18-19-17(13)15-6-3-9-22-15/h3,6,9,12H,1-2,4-5,7-8,10-11H2,(H,18,19). The van der Waals surface area contributed by atoms with Crippen LogP contribution in [0.15, 0.2) is 22.8 Å². The maximum atomic E-state index is 12.4. The van der Waals surface area contributed by atoms with Crippen molar-refractivity contribution >= 4 is 5.91 Å². The SMILES string of the molecule is O=C(CCC1CCCC1)N1Cc2[nH]nc(-c3ccco3)c2C1. The average molecular weight is 299 g/mol. The number of hydrogen-bond acceptors (Lipinski definition) is 3. The first-order chi connectivity index (χ1) is 10.8. The Hall–Kier alpha value is -2.04. The van der Waals surface area contributed by atoms with E-state index in [9.17, 15) is 4.79 Å². The molecule has 0 atom stereocenters. The number of furan rings is 1. The molecule has 4 rings (SSSR count). The van der Waals surface area contributed by atoms with Crippen molar-refractivity contribution in [3.05, 3.63) is 29.7 Å². The van der Waals surface area contributed by atoms with Crippen LogP contribution in [0.1, 0.15) is 49.8 Å². The van der Waals surface area contributed by atoms with Gasteiger partial charge in [0.1, 0.15) is 5.69 Å². The van der Waals surface area contributed by atoms with Crippen molar-refractivity contribution in [3.8, 4) is 11.5 Å². The summed E-state index contributed by atoms with van der Waals surface area (Å²) in [6.07, 6.45) is 8.66. The van der Waals surface area contributed by atoms with Crippen molar-refractivity contribution in [2.45, 2.75) is 51.6 Å². The highest BCUT2D eigenvalue weighted by molar-refractivity contribution is 5.77. The number of fused-ring (bicyclic) bond motifs is 1. The Morgan fingerprint density at radius 2 is 2.23 bits per heavy atom. The molecule has 2 aliphatic rings. The van der Waals surface area contributed by atoms with Crippen LogP contribution in [0.2, 0.25) is 0 Å². The molecular formula is C17H21N3O2. The van der Waals surface area contributed by atoms with Crippen LogP contribution < -0.4 is 0 Å². The van der Waals surface area contributed by atoms with Gasteiger partial charge in [0.2, 0.25) is 5.91 Å². The van der Waals surface area contributed by atoms with Crippen molar-refractivity contribution in [1.29, 1.82) is 0 Å². The molecule has 1 aliphatic heterocycles. The van der Waals surface area contributed by atoms with Crippen LogP contribution in [0.5, 0.6) is 0 Å². The molecule has 2 aromatic heterocycles. The number of nitrogens with zero attached hydrogens (tertiary/aromatic N) is 2. The molecule has 0 bridgehead atoms. The number of carbonyl (C=O) groups is 1. The first kappa shape index (κ1) is 13.6. The molecule has 0 saturated heterocycles. The van der Waals surface area contributed by atoms with Crippen LogP contribution in [0.4, 0.5) is 0 Å². The topological polar surface area (TPSA) is 62.1 Å². The molecule has 0 aromatic carbocycles. The fourth-order valence-electron chi connectivity index (χ4n) is 3.72. The Labute approximate surface area is 129 Å². The summed E-state index contributed by atoms with van der Waals surface area (Å²) in [5.41, 5.74) is 2.98. The zero-order valence-corrected chi connectivity index (χ0v) is 12.7. The minimum Gasteiger partial charge on any atom is -0.463 e. The molecule has 1 saturated carbocycles. The highest BCUT2D eigenvalue weighted by atomic mass is 16.3. The number of hydrogen-bond donors (Lipinski definition) is 1. The van der Waals surface area contributed by atoms with Crippen LogP contribution in [-0.4, -0.2) is 21.0 Å². The van der Waals surface area contributed by atoms with Gasteiger partial charge in [0.05, 0.1) is 25.0 Å². The number of aromatic nitrogens is 2. The van der Waals surface area contributed by atoms with Crippen LogP contribution in [-0.2, 0) is 17.9 Å². The molecule has 0 spiro atoms. The number of H-pyrrole nitrogens is 1. The van der Waals surface area contributed by atoms with E-state index in [2.05, 4.69) is 10.2 Å². The summed E-state index contributed by atoms with van der Waals surface area (Å²) in [5, 5.41) is 7.38. The minimum atomic E-state index is 0.266. The lowest BCUT2D eigenvalue weighted by Gasteiger charge is -2.17. The number of rotatable bonds is 4. The summed E-state index contributed by atoms with van der Waals surface area (Å²) in [7, 11) is 0. The molecule has 1 fully saturated rings. The number of carbonyl (C=O) groups excluding carboxylic acids is 1. The molecule has 3 heterocycles. The Morgan fingerprint density at radius 3 is 3.00 bits per heavy atom. The second kappa shape index (κ2) is 5.63. The maximum Gasteiger partial charge on any atom is 0.223 e. The predicted octanol–water partition coefficient (Wildman–Crippen LogP) is 3.48. The third-order valence-electron chi connectivity index (χ3n) is 5.00. The van der Waals surface area contributed by atoms with E-state index in [-0.39, 0.29) is 5.91 Å². The quantitative estimate of drug-likeness (QED) is 0.940. The van der Waals surface area contributed by atoms with Crippen molar-refractivity contribution in [1.82, 2.24) is 15.1 Å². The van der Waals surface area contributed by atoms with E-state index in [1.807, 2.05) is 17.0 Å². The van der Waals surface area contributed by atoms with Crippen LogP contribution in [0.3, 0.4) is 0 Å². The number of nitrogens with one attached hydrogen (secondary N) is 1. The summed E-state index contributed by atoms with van der Waals surface area (Å²) < 4.78 is 5.43. The predicted molar refractivity (Wildman–Crippen MR) is 81.7 cm³/mol. The van der Waals surface area contributed by atoms with Gasteiger partial charge in [0.15, 0.2) is 5.76 Å². The monoisotopic (exact) mass is 299 g/mol. The molecule has 1 amide bonds. The molecule has 116 valence electrons. The van der Waals surface area contributed by atoms with Crippen LogP contribution >= 0.6 is 0 Å².